The molecule has 7 nitrogen and oxygen atoms in total. The molecule has 0 saturated heterocycles. The van der Waals surface area contributed by atoms with Crippen molar-refractivity contribution in [3.05, 3.63) is 23.3 Å². The number of carboxylic acid groups (broad SMARTS) is 1. The molecule has 0 radical (unpaired) electrons. The number of hydrogen-bond acceptors (Lipinski definition) is 7. The first-order valence-electron chi connectivity index (χ1n) is 5.69. The predicted molar refractivity (Wildman–Crippen MR) is 69.3 cm³/mol. The molecule has 2 heterocycles. The molecule has 0 saturated carbocycles. The maximum absolute atomic E-state index is 11.1. The Bertz CT molecular complexity index is 550. The van der Waals surface area contributed by atoms with Crippen LogP contribution < -0.4 is 5.32 Å². The van der Waals surface area contributed by atoms with Gasteiger partial charge in [0.2, 0.25) is 5.89 Å². The van der Waals surface area contributed by atoms with Crippen molar-refractivity contribution in [3.8, 4) is 0 Å². The molecule has 0 aliphatic heterocycles. The molecule has 2 aromatic rings. The number of aliphatic carboxylic acids is 1. The van der Waals surface area contributed by atoms with E-state index in [4.69, 9.17) is 9.63 Å². The Labute approximate surface area is 113 Å². The molecule has 2 N–H and O–H groups in total. The van der Waals surface area contributed by atoms with Crippen LogP contribution in [0.15, 0.2) is 16.2 Å². The number of nitrogens with one attached hydrogen (secondary N) is 1. The van der Waals surface area contributed by atoms with Crippen LogP contribution in [0.3, 0.4) is 0 Å². The van der Waals surface area contributed by atoms with E-state index in [0.717, 1.165) is 0 Å². The molecule has 0 amide bonds. The van der Waals surface area contributed by atoms with Crippen molar-refractivity contribution in [2.24, 2.45) is 0 Å². The molecule has 0 aliphatic rings. The first kappa shape index (κ1) is 13.5. The van der Waals surface area contributed by atoms with E-state index < -0.39 is 11.4 Å². The topological polar surface area (TPSA) is 101 Å². The third-order valence-electron chi connectivity index (χ3n) is 2.70. The number of carboxylic acids is 1. The highest BCUT2D eigenvalue weighted by molar-refractivity contribution is 7.13. The standard InChI is InChI=1S/C11H14N4O3S/c1-11(2,9(16)17)7-5-19-10(15-7)12-4-3-8-13-6-14-18-8/h5-6H,3-4H2,1-2H3,(H,12,15)(H,16,17). The van der Waals surface area contributed by atoms with E-state index >= 15 is 0 Å². The van der Waals surface area contributed by atoms with E-state index in [9.17, 15) is 4.79 Å². The second-order valence-corrected chi connectivity index (χ2v) is 5.34. The lowest BCUT2D eigenvalue weighted by molar-refractivity contribution is -0.142. The van der Waals surface area contributed by atoms with E-state index in [1.807, 2.05) is 0 Å². The maximum Gasteiger partial charge on any atom is 0.315 e. The van der Waals surface area contributed by atoms with E-state index in [0.29, 0.717) is 29.7 Å². The van der Waals surface area contributed by atoms with Crippen molar-refractivity contribution >= 4 is 22.4 Å². The zero-order chi connectivity index (χ0) is 13.9. The summed E-state index contributed by atoms with van der Waals surface area (Å²) >= 11 is 1.38. The molecule has 8 heteroatoms. The number of thiazole rings is 1. The van der Waals surface area contributed by atoms with E-state index in [2.05, 4.69) is 20.4 Å². The van der Waals surface area contributed by atoms with Crippen LogP contribution in [-0.4, -0.2) is 32.7 Å². The molecule has 0 spiro atoms. The van der Waals surface area contributed by atoms with Crippen LogP contribution in [0.25, 0.3) is 0 Å². The minimum atomic E-state index is -0.983. The van der Waals surface area contributed by atoms with Gasteiger partial charge in [-0.15, -0.1) is 11.3 Å². The van der Waals surface area contributed by atoms with Crippen LogP contribution in [0.1, 0.15) is 25.4 Å². The quantitative estimate of drug-likeness (QED) is 0.828. The summed E-state index contributed by atoms with van der Waals surface area (Å²) in [6.45, 7) is 3.86. The largest absolute Gasteiger partial charge is 0.481 e. The van der Waals surface area contributed by atoms with Crippen molar-refractivity contribution in [3.63, 3.8) is 0 Å². The van der Waals surface area contributed by atoms with Crippen molar-refractivity contribution in [2.75, 3.05) is 11.9 Å². The fourth-order valence-corrected chi connectivity index (χ4v) is 2.24. The average molecular weight is 282 g/mol. The van der Waals surface area contributed by atoms with Gasteiger partial charge in [0.05, 0.1) is 5.69 Å². The zero-order valence-electron chi connectivity index (χ0n) is 10.6. The van der Waals surface area contributed by atoms with Crippen LogP contribution >= 0.6 is 11.3 Å². The van der Waals surface area contributed by atoms with Crippen molar-refractivity contribution in [1.29, 1.82) is 0 Å². The van der Waals surface area contributed by atoms with Gasteiger partial charge in [0.25, 0.3) is 0 Å². The highest BCUT2D eigenvalue weighted by Gasteiger charge is 2.32. The number of carbonyl (C=O) groups is 1. The van der Waals surface area contributed by atoms with Gasteiger partial charge in [-0.2, -0.15) is 4.98 Å². The second-order valence-electron chi connectivity index (χ2n) is 4.48. The van der Waals surface area contributed by atoms with Crippen LogP contribution in [-0.2, 0) is 16.6 Å². The Morgan fingerprint density at radius 3 is 3.00 bits per heavy atom. The lowest BCUT2D eigenvalue weighted by Crippen LogP contribution is -2.28. The first-order valence-corrected chi connectivity index (χ1v) is 6.57. The molecule has 0 aromatic carbocycles. The molecule has 19 heavy (non-hydrogen) atoms. The number of aromatic nitrogens is 3. The van der Waals surface area contributed by atoms with Crippen LogP contribution in [0, 0.1) is 0 Å². The normalized spacial score (nSPS) is 11.5. The minimum absolute atomic E-state index is 0.547. The third-order valence-corrected chi connectivity index (χ3v) is 3.50. The van der Waals surface area contributed by atoms with Gasteiger partial charge in [0.1, 0.15) is 5.41 Å². The van der Waals surface area contributed by atoms with E-state index in [1.54, 1.807) is 19.2 Å². The molecule has 0 bridgehead atoms. The SMILES string of the molecule is CC(C)(C(=O)O)c1csc(NCCc2ncno2)n1. The Balaban J connectivity index is 1.92. The summed E-state index contributed by atoms with van der Waals surface area (Å²) in [5, 5.41) is 18.2. The highest BCUT2D eigenvalue weighted by atomic mass is 32.1. The monoisotopic (exact) mass is 282 g/mol. The van der Waals surface area contributed by atoms with Crippen LogP contribution in [0.5, 0.6) is 0 Å². The van der Waals surface area contributed by atoms with Gasteiger partial charge >= 0.3 is 5.97 Å². The van der Waals surface area contributed by atoms with Gasteiger partial charge < -0.3 is 14.9 Å². The fourth-order valence-electron chi connectivity index (χ4n) is 1.33. The molecule has 2 aromatic heterocycles. The maximum atomic E-state index is 11.1. The average Bonchev–Trinajstić information content (AvgIpc) is 2.99. The Hall–Kier alpha value is -1.96. The highest BCUT2D eigenvalue weighted by Crippen LogP contribution is 2.27. The lowest BCUT2D eigenvalue weighted by atomic mass is 9.90. The minimum Gasteiger partial charge on any atom is -0.481 e. The smallest absolute Gasteiger partial charge is 0.315 e. The second kappa shape index (κ2) is 5.35. The van der Waals surface area contributed by atoms with Crippen molar-refractivity contribution in [1.82, 2.24) is 15.1 Å². The van der Waals surface area contributed by atoms with Crippen molar-refractivity contribution in [2.45, 2.75) is 25.7 Å². The lowest BCUT2D eigenvalue weighted by Gasteiger charge is -2.15. The summed E-state index contributed by atoms with van der Waals surface area (Å²) in [7, 11) is 0. The molecule has 102 valence electrons. The molecule has 0 aliphatic carbocycles. The molecule has 0 unspecified atom stereocenters. The summed E-state index contributed by atoms with van der Waals surface area (Å²) in [5.41, 5.74) is -0.437. The Morgan fingerprint density at radius 2 is 2.37 bits per heavy atom. The van der Waals surface area contributed by atoms with Gasteiger partial charge in [-0.3, -0.25) is 4.79 Å². The number of rotatable bonds is 6. The Kier molecular flexibility index (Phi) is 3.79. The molecule has 0 atom stereocenters. The number of anilines is 1. The fraction of sp³-hybridized carbons (Fsp3) is 0.455. The Morgan fingerprint density at radius 1 is 1.58 bits per heavy atom. The summed E-state index contributed by atoms with van der Waals surface area (Å²) in [6.07, 6.45) is 1.95. The third kappa shape index (κ3) is 3.08. The van der Waals surface area contributed by atoms with Gasteiger partial charge in [0, 0.05) is 18.3 Å². The van der Waals surface area contributed by atoms with Crippen LogP contribution in [0.4, 0.5) is 5.13 Å². The van der Waals surface area contributed by atoms with Gasteiger partial charge in [-0.05, 0) is 13.8 Å². The first-order chi connectivity index (χ1) is 9.00. The van der Waals surface area contributed by atoms with Gasteiger partial charge in [0.15, 0.2) is 11.5 Å². The summed E-state index contributed by atoms with van der Waals surface area (Å²) in [5.74, 6) is -0.342. The summed E-state index contributed by atoms with van der Waals surface area (Å²) in [6, 6.07) is 0. The van der Waals surface area contributed by atoms with E-state index in [-0.39, 0.29) is 0 Å². The van der Waals surface area contributed by atoms with E-state index in [1.165, 1.54) is 17.7 Å². The van der Waals surface area contributed by atoms with Crippen LogP contribution in [0.2, 0.25) is 0 Å². The molecular formula is C11H14N4O3S. The van der Waals surface area contributed by atoms with Gasteiger partial charge in [-0.25, -0.2) is 4.98 Å². The molecule has 0 fully saturated rings. The summed E-state index contributed by atoms with van der Waals surface area (Å²) in [4.78, 5) is 19.3. The number of hydrogen-bond donors (Lipinski definition) is 2. The number of nitrogens with zero attached hydrogens (tertiary/aromatic N) is 3. The summed E-state index contributed by atoms with van der Waals surface area (Å²) < 4.78 is 4.87. The molecule has 2 rings (SSSR count). The van der Waals surface area contributed by atoms with Crippen molar-refractivity contribution < 1.29 is 14.4 Å². The molecular weight excluding hydrogens is 268 g/mol. The van der Waals surface area contributed by atoms with Gasteiger partial charge in [-0.1, -0.05) is 5.16 Å². The predicted octanol–water partition coefficient (Wildman–Crippen LogP) is 1.54. The zero-order valence-corrected chi connectivity index (χ0v) is 11.4.